The molecule has 1 aliphatic carbocycles. The number of piperidine rings is 2. The Hall–Kier alpha value is -4.47. The summed E-state index contributed by atoms with van der Waals surface area (Å²) in [5.74, 6) is -0.493. The Kier molecular flexibility index (Phi) is 9.23. The molecule has 2 aromatic carbocycles. The number of fused-ring (bicyclic) bond motifs is 3. The molecule has 2 atom stereocenters. The Bertz CT molecular complexity index is 1510. The molecule has 1 N–H and O–H groups in total. The van der Waals surface area contributed by atoms with Crippen molar-refractivity contribution in [2.75, 3.05) is 14.2 Å². The SMILES string of the molecule is COC(=O)[C@H](Cc1ccc(-c2c(OC)cnn(C)c2=O)cc1)NC(=O)[C@@H]1C2CCC(CC2)N1C(=O)CCc1ccccc1. The van der Waals surface area contributed by atoms with E-state index in [1.165, 1.54) is 25.1 Å². The van der Waals surface area contributed by atoms with Gasteiger partial charge in [0.2, 0.25) is 11.8 Å². The van der Waals surface area contributed by atoms with E-state index >= 15 is 0 Å². The quantitative estimate of drug-likeness (QED) is 0.363. The zero-order chi connectivity index (χ0) is 30.5. The first-order chi connectivity index (χ1) is 20.8. The Morgan fingerprint density at radius 1 is 0.977 bits per heavy atom. The molecular weight excluding hydrogens is 548 g/mol. The summed E-state index contributed by atoms with van der Waals surface area (Å²) in [6.45, 7) is 0. The minimum absolute atomic E-state index is 0.0266. The number of hydrogen-bond donors (Lipinski definition) is 1. The number of aryl methyl sites for hydroxylation is 2. The molecule has 6 rings (SSSR count). The lowest BCUT2D eigenvalue weighted by atomic mass is 9.74. The lowest BCUT2D eigenvalue weighted by Crippen LogP contribution is -2.64. The molecule has 2 saturated heterocycles. The number of methoxy groups -OCH3 is 2. The molecule has 226 valence electrons. The van der Waals surface area contributed by atoms with Crippen molar-refractivity contribution in [1.29, 1.82) is 0 Å². The van der Waals surface area contributed by atoms with E-state index in [2.05, 4.69) is 10.4 Å². The Balaban J connectivity index is 1.31. The van der Waals surface area contributed by atoms with Gasteiger partial charge in [-0.25, -0.2) is 9.48 Å². The fourth-order valence-electron chi connectivity index (χ4n) is 6.45. The van der Waals surface area contributed by atoms with Gasteiger partial charge in [0.1, 0.15) is 12.1 Å². The number of esters is 1. The third kappa shape index (κ3) is 6.48. The van der Waals surface area contributed by atoms with Crippen LogP contribution < -0.4 is 15.6 Å². The Labute approximate surface area is 251 Å². The highest BCUT2D eigenvalue weighted by molar-refractivity contribution is 5.91. The summed E-state index contributed by atoms with van der Waals surface area (Å²) in [6.07, 6.45) is 6.16. The molecule has 3 aliphatic rings. The molecule has 1 aromatic heterocycles. The summed E-state index contributed by atoms with van der Waals surface area (Å²) in [7, 11) is 4.34. The second kappa shape index (κ2) is 13.2. The highest BCUT2D eigenvalue weighted by Gasteiger charge is 2.47. The van der Waals surface area contributed by atoms with Crippen molar-refractivity contribution in [1.82, 2.24) is 20.0 Å². The van der Waals surface area contributed by atoms with Crippen molar-refractivity contribution in [2.45, 2.75) is 63.1 Å². The molecule has 0 unspecified atom stereocenters. The summed E-state index contributed by atoms with van der Waals surface area (Å²) in [6, 6.07) is 15.5. The van der Waals surface area contributed by atoms with E-state index in [9.17, 15) is 19.2 Å². The predicted octanol–water partition coefficient (Wildman–Crippen LogP) is 3.06. The zero-order valence-corrected chi connectivity index (χ0v) is 24.8. The van der Waals surface area contributed by atoms with E-state index in [-0.39, 0.29) is 35.8 Å². The number of carbonyl (C=O) groups is 3. The molecule has 0 radical (unpaired) electrons. The van der Waals surface area contributed by atoms with Crippen LogP contribution in [0.3, 0.4) is 0 Å². The second-order valence-electron chi connectivity index (χ2n) is 11.3. The number of amides is 2. The molecule has 2 aliphatic heterocycles. The monoisotopic (exact) mass is 586 g/mol. The van der Waals surface area contributed by atoms with Crippen molar-refractivity contribution in [3.63, 3.8) is 0 Å². The molecule has 3 heterocycles. The van der Waals surface area contributed by atoms with Gasteiger partial charge in [-0.15, -0.1) is 0 Å². The smallest absolute Gasteiger partial charge is 0.328 e. The van der Waals surface area contributed by atoms with Crippen LogP contribution in [0.5, 0.6) is 5.75 Å². The minimum Gasteiger partial charge on any atom is -0.494 e. The van der Waals surface area contributed by atoms with Gasteiger partial charge < -0.3 is 19.7 Å². The maximum absolute atomic E-state index is 13.8. The van der Waals surface area contributed by atoms with Crippen molar-refractivity contribution in [2.24, 2.45) is 13.0 Å². The van der Waals surface area contributed by atoms with Crippen LogP contribution in [0, 0.1) is 5.92 Å². The summed E-state index contributed by atoms with van der Waals surface area (Å²) >= 11 is 0. The first kappa shape index (κ1) is 30.0. The average molecular weight is 587 g/mol. The van der Waals surface area contributed by atoms with Crippen LogP contribution in [0.4, 0.5) is 0 Å². The predicted molar refractivity (Wildman–Crippen MR) is 160 cm³/mol. The maximum atomic E-state index is 13.8. The minimum atomic E-state index is -0.937. The van der Waals surface area contributed by atoms with Crippen LogP contribution in [-0.2, 0) is 39.0 Å². The maximum Gasteiger partial charge on any atom is 0.328 e. The fraction of sp³-hybridized carbons (Fsp3) is 0.424. The van der Waals surface area contributed by atoms with Crippen LogP contribution in [0.15, 0.2) is 65.6 Å². The third-order valence-corrected chi connectivity index (χ3v) is 8.71. The van der Waals surface area contributed by atoms with Gasteiger partial charge in [-0.1, -0.05) is 54.6 Å². The summed E-state index contributed by atoms with van der Waals surface area (Å²) < 4.78 is 11.6. The highest BCUT2D eigenvalue weighted by atomic mass is 16.5. The average Bonchev–Trinajstić information content (AvgIpc) is 3.05. The second-order valence-corrected chi connectivity index (χ2v) is 11.3. The summed E-state index contributed by atoms with van der Waals surface area (Å²) in [5, 5.41) is 6.93. The Morgan fingerprint density at radius 3 is 2.33 bits per heavy atom. The number of ether oxygens (including phenoxy) is 2. The first-order valence-electron chi connectivity index (χ1n) is 14.7. The number of nitrogens with one attached hydrogen (secondary N) is 1. The van der Waals surface area contributed by atoms with Crippen molar-refractivity contribution in [3.8, 4) is 16.9 Å². The first-order valence-corrected chi connectivity index (χ1v) is 14.7. The summed E-state index contributed by atoms with van der Waals surface area (Å²) in [4.78, 5) is 54.7. The number of rotatable bonds is 10. The number of nitrogens with zero attached hydrogens (tertiary/aromatic N) is 3. The standard InChI is InChI=1S/C33H38N4O6/c1-36-32(40)29(27(42-2)20-34-36)23-12-9-22(10-13-23)19-26(33(41)43-3)35-31(39)30-24-14-16-25(17-15-24)37(30)28(38)18-11-21-7-5-4-6-8-21/h4-10,12-13,20,24-26,30H,11,14-19H2,1-3H3,(H,35,39)/t24?,25?,26-,30-/m0/s1. The molecule has 2 bridgehead atoms. The van der Waals surface area contributed by atoms with Crippen molar-refractivity contribution in [3.05, 3.63) is 82.3 Å². The molecule has 2 amide bonds. The van der Waals surface area contributed by atoms with E-state index in [4.69, 9.17) is 9.47 Å². The summed E-state index contributed by atoms with van der Waals surface area (Å²) in [5.41, 5.74) is 2.58. The van der Waals surface area contributed by atoms with Gasteiger partial charge in [0.25, 0.3) is 5.56 Å². The number of hydrogen-bond acceptors (Lipinski definition) is 7. The molecule has 10 nitrogen and oxygen atoms in total. The van der Waals surface area contributed by atoms with Gasteiger partial charge in [-0.05, 0) is 54.7 Å². The molecule has 43 heavy (non-hydrogen) atoms. The molecule has 3 aromatic rings. The van der Waals surface area contributed by atoms with Gasteiger partial charge in [0.15, 0.2) is 5.75 Å². The van der Waals surface area contributed by atoms with E-state index in [1.54, 1.807) is 36.2 Å². The largest absolute Gasteiger partial charge is 0.494 e. The van der Waals surface area contributed by atoms with Crippen LogP contribution in [0.1, 0.15) is 43.2 Å². The topological polar surface area (TPSA) is 120 Å². The fourth-order valence-corrected chi connectivity index (χ4v) is 6.45. The van der Waals surface area contributed by atoms with Gasteiger partial charge >= 0.3 is 5.97 Å². The Morgan fingerprint density at radius 2 is 1.67 bits per heavy atom. The number of aromatic nitrogens is 2. The highest BCUT2D eigenvalue weighted by Crippen LogP contribution is 2.40. The number of benzene rings is 2. The van der Waals surface area contributed by atoms with Crippen LogP contribution >= 0.6 is 0 Å². The van der Waals surface area contributed by atoms with E-state index in [0.29, 0.717) is 29.7 Å². The molecule has 1 saturated carbocycles. The lowest BCUT2D eigenvalue weighted by molar-refractivity contribution is -0.155. The molecule has 10 heteroatoms. The third-order valence-electron chi connectivity index (χ3n) is 8.71. The van der Waals surface area contributed by atoms with Crippen LogP contribution in [0.2, 0.25) is 0 Å². The molecular formula is C33H38N4O6. The van der Waals surface area contributed by atoms with Crippen molar-refractivity contribution < 1.29 is 23.9 Å². The van der Waals surface area contributed by atoms with Crippen molar-refractivity contribution >= 4 is 17.8 Å². The lowest BCUT2D eigenvalue weighted by Gasteiger charge is -2.50. The molecule has 3 fully saturated rings. The van der Waals surface area contributed by atoms with Gasteiger partial charge in [-0.2, -0.15) is 5.10 Å². The normalized spacial score (nSPS) is 19.9. The van der Waals surface area contributed by atoms with Gasteiger partial charge in [-0.3, -0.25) is 14.4 Å². The number of carbonyl (C=O) groups excluding carboxylic acids is 3. The molecule has 0 spiro atoms. The van der Waals surface area contributed by atoms with E-state index in [1.807, 2.05) is 30.3 Å². The van der Waals surface area contributed by atoms with E-state index < -0.39 is 18.1 Å². The van der Waals surface area contributed by atoms with Gasteiger partial charge in [0.05, 0.1) is 26.0 Å². The van der Waals surface area contributed by atoms with E-state index in [0.717, 1.165) is 36.8 Å². The zero-order valence-electron chi connectivity index (χ0n) is 24.8. The van der Waals surface area contributed by atoms with Crippen LogP contribution in [0.25, 0.3) is 11.1 Å². The van der Waals surface area contributed by atoms with Crippen LogP contribution in [-0.4, -0.2) is 64.8 Å². The van der Waals surface area contributed by atoms with Gasteiger partial charge in [0, 0.05) is 25.9 Å².